The maximum atomic E-state index is 12.7. The zero-order valence-corrected chi connectivity index (χ0v) is 17.5. The molecule has 0 saturated carbocycles. The molecule has 0 aliphatic rings. The quantitative estimate of drug-likeness (QED) is 0.473. The third kappa shape index (κ3) is 4.14. The number of amides is 1. The van der Waals surface area contributed by atoms with Crippen molar-refractivity contribution in [3.63, 3.8) is 0 Å². The molecule has 3 aromatic rings. The zero-order chi connectivity index (χ0) is 21.1. The summed E-state index contributed by atoms with van der Waals surface area (Å²) >= 11 is 0. The molecule has 0 atom stereocenters. The Labute approximate surface area is 172 Å². The second-order valence-corrected chi connectivity index (χ2v) is 7.37. The Balaban J connectivity index is 1.94. The van der Waals surface area contributed by atoms with Gasteiger partial charge in [-0.05, 0) is 87.2 Å². The van der Waals surface area contributed by atoms with Crippen LogP contribution in [0, 0.1) is 45.9 Å². The first-order chi connectivity index (χ1) is 13.8. The number of rotatable bonds is 4. The highest BCUT2D eigenvalue weighted by molar-refractivity contribution is 6.09. The summed E-state index contributed by atoms with van der Waals surface area (Å²) in [5.74, 6) is -0.406. The highest BCUT2D eigenvalue weighted by Crippen LogP contribution is 2.25. The van der Waals surface area contributed by atoms with Crippen LogP contribution >= 0.6 is 0 Å². The summed E-state index contributed by atoms with van der Waals surface area (Å²) in [7, 11) is 0. The number of nitrogens with zero attached hydrogens (tertiary/aromatic N) is 2. The van der Waals surface area contributed by atoms with E-state index in [1.165, 1.54) is 0 Å². The van der Waals surface area contributed by atoms with E-state index in [-0.39, 0.29) is 5.57 Å². The van der Waals surface area contributed by atoms with Gasteiger partial charge in [0.1, 0.15) is 11.6 Å². The minimum Gasteiger partial charge on any atom is -0.321 e. The van der Waals surface area contributed by atoms with Crippen molar-refractivity contribution in [1.82, 2.24) is 4.57 Å². The van der Waals surface area contributed by atoms with Gasteiger partial charge in [0.05, 0.1) is 0 Å². The standard InChI is InChI=1S/C25H25N3O/c1-16-10-11-23(12-18(16)3)27-25(29)22(15-26)14-21-13-19(4)28(20(21)5)24-9-7-6-8-17(24)2/h6-14H,1-5H3,(H,27,29)/b22-14+. The maximum Gasteiger partial charge on any atom is 0.266 e. The topological polar surface area (TPSA) is 57.8 Å². The summed E-state index contributed by atoms with van der Waals surface area (Å²) in [6.45, 7) is 10.1. The number of hydrogen-bond donors (Lipinski definition) is 1. The van der Waals surface area contributed by atoms with Gasteiger partial charge in [0.2, 0.25) is 0 Å². The number of aryl methyl sites for hydroxylation is 4. The smallest absolute Gasteiger partial charge is 0.266 e. The molecule has 0 aliphatic heterocycles. The molecule has 3 rings (SSSR count). The van der Waals surface area contributed by atoms with Crippen LogP contribution in [0.4, 0.5) is 5.69 Å². The number of hydrogen-bond acceptors (Lipinski definition) is 2. The number of aromatic nitrogens is 1. The van der Waals surface area contributed by atoms with Gasteiger partial charge in [0.25, 0.3) is 5.91 Å². The highest BCUT2D eigenvalue weighted by Gasteiger charge is 2.15. The Bertz CT molecular complexity index is 1160. The van der Waals surface area contributed by atoms with E-state index < -0.39 is 5.91 Å². The van der Waals surface area contributed by atoms with Crippen LogP contribution in [-0.4, -0.2) is 10.5 Å². The van der Waals surface area contributed by atoms with Crippen molar-refractivity contribution >= 4 is 17.7 Å². The van der Waals surface area contributed by atoms with Gasteiger partial charge in [0, 0.05) is 22.8 Å². The van der Waals surface area contributed by atoms with E-state index in [2.05, 4.69) is 28.9 Å². The van der Waals surface area contributed by atoms with Crippen LogP contribution in [0.2, 0.25) is 0 Å². The van der Waals surface area contributed by atoms with Crippen LogP contribution in [0.5, 0.6) is 0 Å². The molecule has 0 spiro atoms. The molecule has 2 aromatic carbocycles. The lowest BCUT2D eigenvalue weighted by molar-refractivity contribution is -0.112. The summed E-state index contributed by atoms with van der Waals surface area (Å²) in [6.07, 6.45) is 1.66. The average Bonchev–Trinajstić information content (AvgIpc) is 2.96. The lowest BCUT2D eigenvalue weighted by Crippen LogP contribution is -2.13. The van der Waals surface area contributed by atoms with E-state index in [0.717, 1.165) is 39.3 Å². The molecule has 0 bridgehead atoms. The van der Waals surface area contributed by atoms with Crippen molar-refractivity contribution in [2.75, 3.05) is 5.32 Å². The molecule has 0 aliphatic carbocycles. The molecular formula is C25H25N3O. The summed E-state index contributed by atoms with van der Waals surface area (Å²) in [5.41, 5.74) is 8.17. The number of carbonyl (C=O) groups is 1. The second kappa shape index (κ2) is 8.20. The van der Waals surface area contributed by atoms with Crippen LogP contribution in [0.25, 0.3) is 11.8 Å². The summed E-state index contributed by atoms with van der Waals surface area (Å²) in [5, 5.41) is 12.4. The number of carbonyl (C=O) groups excluding carboxylic acids is 1. The van der Waals surface area contributed by atoms with Crippen molar-refractivity contribution in [2.24, 2.45) is 0 Å². The highest BCUT2D eigenvalue weighted by atomic mass is 16.1. The van der Waals surface area contributed by atoms with E-state index in [0.29, 0.717) is 5.69 Å². The first-order valence-electron chi connectivity index (χ1n) is 9.57. The van der Waals surface area contributed by atoms with Crippen LogP contribution in [0.1, 0.15) is 33.6 Å². The Kier molecular flexibility index (Phi) is 5.70. The molecule has 1 amide bonds. The maximum absolute atomic E-state index is 12.7. The van der Waals surface area contributed by atoms with Crippen molar-refractivity contribution in [3.05, 3.63) is 87.7 Å². The first kappa shape index (κ1) is 20.2. The largest absolute Gasteiger partial charge is 0.321 e. The zero-order valence-electron chi connectivity index (χ0n) is 17.5. The summed E-state index contributed by atoms with van der Waals surface area (Å²) in [4.78, 5) is 12.7. The molecule has 0 saturated heterocycles. The Morgan fingerprint density at radius 2 is 1.69 bits per heavy atom. The molecule has 1 heterocycles. The van der Waals surface area contributed by atoms with Crippen LogP contribution < -0.4 is 5.32 Å². The minimum atomic E-state index is -0.406. The van der Waals surface area contributed by atoms with Gasteiger partial charge < -0.3 is 9.88 Å². The lowest BCUT2D eigenvalue weighted by atomic mass is 10.1. The first-order valence-corrected chi connectivity index (χ1v) is 9.57. The van der Waals surface area contributed by atoms with Crippen LogP contribution in [0.3, 0.4) is 0 Å². The normalized spacial score (nSPS) is 11.2. The molecule has 1 N–H and O–H groups in total. The number of para-hydroxylation sites is 1. The van der Waals surface area contributed by atoms with Crippen LogP contribution in [0.15, 0.2) is 54.1 Å². The van der Waals surface area contributed by atoms with Gasteiger partial charge >= 0.3 is 0 Å². The molecule has 146 valence electrons. The fraction of sp³-hybridized carbons (Fsp3) is 0.200. The van der Waals surface area contributed by atoms with E-state index in [1.807, 2.05) is 70.2 Å². The average molecular weight is 383 g/mol. The fourth-order valence-electron chi connectivity index (χ4n) is 3.44. The number of benzene rings is 2. The number of nitrogens with one attached hydrogen (secondary N) is 1. The Morgan fingerprint density at radius 3 is 2.34 bits per heavy atom. The molecule has 1 aromatic heterocycles. The molecular weight excluding hydrogens is 358 g/mol. The van der Waals surface area contributed by atoms with Crippen LogP contribution in [-0.2, 0) is 4.79 Å². The van der Waals surface area contributed by atoms with E-state index in [9.17, 15) is 10.1 Å². The van der Waals surface area contributed by atoms with Crippen molar-refractivity contribution < 1.29 is 4.79 Å². The second-order valence-electron chi connectivity index (χ2n) is 7.37. The van der Waals surface area contributed by atoms with Gasteiger partial charge in [0.15, 0.2) is 0 Å². The van der Waals surface area contributed by atoms with Gasteiger partial charge in [-0.1, -0.05) is 24.3 Å². The van der Waals surface area contributed by atoms with E-state index in [4.69, 9.17) is 0 Å². The van der Waals surface area contributed by atoms with Gasteiger partial charge in [-0.15, -0.1) is 0 Å². The number of anilines is 1. The molecule has 29 heavy (non-hydrogen) atoms. The SMILES string of the molecule is Cc1ccc(NC(=O)/C(C#N)=C/c2cc(C)n(-c3ccccc3C)c2C)cc1C. The molecule has 4 nitrogen and oxygen atoms in total. The predicted octanol–water partition coefficient (Wildman–Crippen LogP) is 5.57. The lowest BCUT2D eigenvalue weighted by Gasteiger charge is -2.12. The third-order valence-electron chi connectivity index (χ3n) is 5.26. The minimum absolute atomic E-state index is 0.0771. The van der Waals surface area contributed by atoms with Gasteiger partial charge in [-0.3, -0.25) is 4.79 Å². The predicted molar refractivity (Wildman–Crippen MR) is 118 cm³/mol. The summed E-state index contributed by atoms with van der Waals surface area (Å²) in [6, 6.07) is 17.9. The molecule has 0 radical (unpaired) electrons. The number of nitriles is 1. The molecule has 4 heteroatoms. The molecule has 0 unspecified atom stereocenters. The fourth-order valence-corrected chi connectivity index (χ4v) is 3.44. The van der Waals surface area contributed by atoms with E-state index in [1.54, 1.807) is 6.08 Å². The monoisotopic (exact) mass is 383 g/mol. The Morgan fingerprint density at radius 1 is 0.966 bits per heavy atom. The van der Waals surface area contributed by atoms with Gasteiger partial charge in [-0.2, -0.15) is 5.26 Å². The summed E-state index contributed by atoms with van der Waals surface area (Å²) < 4.78 is 2.15. The Hall–Kier alpha value is -3.58. The third-order valence-corrected chi connectivity index (χ3v) is 5.26. The van der Waals surface area contributed by atoms with E-state index >= 15 is 0 Å². The molecule has 0 fully saturated rings. The van der Waals surface area contributed by atoms with Gasteiger partial charge in [-0.25, -0.2) is 0 Å². The van der Waals surface area contributed by atoms with Crippen molar-refractivity contribution in [2.45, 2.75) is 34.6 Å². The van der Waals surface area contributed by atoms with Crippen molar-refractivity contribution in [1.29, 1.82) is 5.26 Å². The van der Waals surface area contributed by atoms with Crippen molar-refractivity contribution in [3.8, 4) is 11.8 Å².